The minimum Gasteiger partial charge on any atom is -0.379 e. The predicted molar refractivity (Wildman–Crippen MR) is 65.9 cm³/mol. The molecule has 2 aliphatic rings. The van der Waals surface area contributed by atoms with Crippen molar-refractivity contribution in [3.05, 3.63) is 0 Å². The monoisotopic (exact) mass is 241 g/mol. The Hall–Kier alpha value is -0.810. The van der Waals surface area contributed by atoms with Crippen LogP contribution in [0.1, 0.15) is 26.2 Å². The van der Waals surface area contributed by atoms with Gasteiger partial charge in [-0.2, -0.15) is 0 Å². The van der Waals surface area contributed by atoms with Gasteiger partial charge in [0.1, 0.15) is 0 Å². The molecule has 17 heavy (non-hydrogen) atoms. The summed E-state index contributed by atoms with van der Waals surface area (Å²) in [5, 5.41) is 9.32. The number of hydrogen-bond donors (Lipinski definition) is 3. The highest BCUT2D eigenvalue weighted by Gasteiger charge is 2.20. The van der Waals surface area contributed by atoms with Crippen molar-refractivity contribution in [3.8, 4) is 0 Å². The van der Waals surface area contributed by atoms with E-state index in [4.69, 9.17) is 4.74 Å². The van der Waals surface area contributed by atoms with E-state index in [1.807, 2.05) is 0 Å². The van der Waals surface area contributed by atoms with Gasteiger partial charge in [0, 0.05) is 19.2 Å². The van der Waals surface area contributed by atoms with Gasteiger partial charge in [-0.25, -0.2) is 4.79 Å². The van der Waals surface area contributed by atoms with E-state index in [0.29, 0.717) is 18.6 Å². The standard InChI is InChI=1S/C12H23N3O2/c1-9-2-3-10(6-13-9)7-14-12(16)15-11-4-5-17-8-11/h9-11,13H,2-8H2,1H3,(H2,14,15,16). The minimum atomic E-state index is -0.0564. The van der Waals surface area contributed by atoms with Gasteiger partial charge in [0.25, 0.3) is 0 Å². The highest BCUT2D eigenvalue weighted by molar-refractivity contribution is 5.74. The first-order valence-corrected chi connectivity index (χ1v) is 6.59. The molecule has 2 aliphatic heterocycles. The van der Waals surface area contributed by atoms with Gasteiger partial charge >= 0.3 is 6.03 Å². The van der Waals surface area contributed by atoms with Crippen LogP contribution in [0.3, 0.4) is 0 Å². The molecule has 0 aromatic carbocycles. The first-order chi connectivity index (χ1) is 8.24. The molecule has 2 rings (SSSR count). The Bertz CT molecular complexity index is 246. The highest BCUT2D eigenvalue weighted by Crippen LogP contribution is 2.12. The zero-order valence-electron chi connectivity index (χ0n) is 10.5. The van der Waals surface area contributed by atoms with Gasteiger partial charge < -0.3 is 20.7 Å². The highest BCUT2D eigenvalue weighted by atomic mass is 16.5. The van der Waals surface area contributed by atoms with Crippen LogP contribution < -0.4 is 16.0 Å². The van der Waals surface area contributed by atoms with Crippen LogP contribution in [0.2, 0.25) is 0 Å². The van der Waals surface area contributed by atoms with E-state index >= 15 is 0 Å². The summed E-state index contributed by atoms with van der Waals surface area (Å²) >= 11 is 0. The average Bonchev–Trinajstić information content (AvgIpc) is 2.81. The number of carbonyl (C=O) groups is 1. The number of urea groups is 1. The summed E-state index contributed by atoms with van der Waals surface area (Å²) in [6.07, 6.45) is 3.32. The fraction of sp³-hybridized carbons (Fsp3) is 0.917. The summed E-state index contributed by atoms with van der Waals surface area (Å²) in [6.45, 7) is 5.38. The Morgan fingerprint density at radius 2 is 2.29 bits per heavy atom. The Labute approximate surface area is 103 Å². The molecule has 2 amide bonds. The van der Waals surface area contributed by atoms with Crippen LogP contribution in [-0.2, 0) is 4.74 Å². The number of hydrogen-bond acceptors (Lipinski definition) is 3. The lowest BCUT2D eigenvalue weighted by atomic mass is 9.95. The first kappa shape index (κ1) is 12.6. The third-order valence-corrected chi connectivity index (χ3v) is 3.58. The van der Waals surface area contributed by atoms with Gasteiger partial charge in [0.05, 0.1) is 12.6 Å². The topological polar surface area (TPSA) is 62.4 Å². The van der Waals surface area contributed by atoms with Crippen molar-refractivity contribution in [2.75, 3.05) is 26.3 Å². The molecule has 3 unspecified atom stereocenters. The van der Waals surface area contributed by atoms with Gasteiger partial charge in [-0.05, 0) is 38.6 Å². The van der Waals surface area contributed by atoms with Gasteiger partial charge in [0.2, 0.25) is 0 Å². The third kappa shape index (κ3) is 4.16. The molecule has 0 bridgehead atoms. The van der Waals surface area contributed by atoms with Crippen molar-refractivity contribution in [2.45, 2.75) is 38.3 Å². The van der Waals surface area contributed by atoms with Crippen LogP contribution in [0.15, 0.2) is 0 Å². The minimum absolute atomic E-state index is 0.0564. The van der Waals surface area contributed by atoms with Crippen molar-refractivity contribution in [3.63, 3.8) is 0 Å². The second-order valence-electron chi connectivity index (χ2n) is 5.17. The van der Waals surface area contributed by atoms with E-state index in [1.165, 1.54) is 12.8 Å². The molecule has 98 valence electrons. The maximum Gasteiger partial charge on any atom is 0.315 e. The van der Waals surface area contributed by atoms with E-state index in [2.05, 4.69) is 22.9 Å². The molecule has 5 heteroatoms. The number of rotatable bonds is 3. The molecule has 0 radical (unpaired) electrons. The van der Waals surface area contributed by atoms with Crippen molar-refractivity contribution in [2.24, 2.45) is 5.92 Å². The molecule has 5 nitrogen and oxygen atoms in total. The largest absolute Gasteiger partial charge is 0.379 e. The van der Waals surface area contributed by atoms with E-state index in [1.54, 1.807) is 0 Å². The van der Waals surface area contributed by atoms with Gasteiger partial charge in [0.15, 0.2) is 0 Å². The summed E-state index contributed by atoms with van der Waals surface area (Å²) < 4.78 is 5.21. The smallest absolute Gasteiger partial charge is 0.315 e. The molecule has 3 atom stereocenters. The van der Waals surface area contributed by atoms with E-state index < -0.39 is 0 Å². The van der Waals surface area contributed by atoms with E-state index in [9.17, 15) is 4.79 Å². The molecular weight excluding hydrogens is 218 g/mol. The van der Waals surface area contributed by atoms with Gasteiger partial charge in [-0.3, -0.25) is 0 Å². The summed E-state index contributed by atoms with van der Waals surface area (Å²) in [4.78, 5) is 11.6. The molecule has 2 fully saturated rings. The summed E-state index contributed by atoms with van der Waals surface area (Å²) in [7, 11) is 0. The molecule has 0 aliphatic carbocycles. The van der Waals surface area contributed by atoms with Crippen LogP contribution in [0.25, 0.3) is 0 Å². The molecule has 0 spiro atoms. The average molecular weight is 241 g/mol. The summed E-state index contributed by atoms with van der Waals surface area (Å²) in [5.41, 5.74) is 0. The van der Waals surface area contributed by atoms with Gasteiger partial charge in [-0.1, -0.05) is 0 Å². The normalized spacial score (nSPS) is 33.4. The number of nitrogens with one attached hydrogen (secondary N) is 3. The van der Waals surface area contributed by atoms with Crippen LogP contribution >= 0.6 is 0 Å². The number of ether oxygens (including phenoxy) is 1. The Kier molecular flexibility index (Phi) is 4.62. The zero-order chi connectivity index (χ0) is 12.1. The van der Waals surface area contributed by atoms with Crippen LogP contribution in [0.5, 0.6) is 0 Å². The predicted octanol–water partition coefficient (Wildman–Crippen LogP) is 0.463. The number of carbonyl (C=O) groups excluding carboxylic acids is 1. The SMILES string of the molecule is CC1CCC(CNC(=O)NC2CCOC2)CN1. The van der Waals surface area contributed by atoms with Crippen molar-refractivity contribution in [1.29, 1.82) is 0 Å². The molecule has 0 saturated carbocycles. The maximum atomic E-state index is 11.6. The lowest BCUT2D eigenvalue weighted by Gasteiger charge is -2.27. The zero-order valence-corrected chi connectivity index (χ0v) is 10.5. The second-order valence-corrected chi connectivity index (χ2v) is 5.17. The molecule has 0 aromatic rings. The molecule has 3 N–H and O–H groups in total. The quantitative estimate of drug-likeness (QED) is 0.673. The second kappa shape index (κ2) is 6.21. The summed E-state index contributed by atoms with van der Waals surface area (Å²) in [5.74, 6) is 0.566. The first-order valence-electron chi connectivity index (χ1n) is 6.59. The molecule has 2 heterocycles. The fourth-order valence-corrected chi connectivity index (χ4v) is 2.35. The van der Waals surface area contributed by atoms with E-state index in [-0.39, 0.29) is 12.1 Å². The van der Waals surface area contributed by atoms with Gasteiger partial charge in [-0.15, -0.1) is 0 Å². The lowest BCUT2D eigenvalue weighted by molar-refractivity contribution is 0.188. The Morgan fingerprint density at radius 1 is 1.41 bits per heavy atom. The molecule has 2 saturated heterocycles. The Morgan fingerprint density at radius 3 is 2.94 bits per heavy atom. The number of amides is 2. The van der Waals surface area contributed by atoms with Crippen LogP contribution in [-0.4, -0.2) is 44.4 Å². The maximum absolute atomic E-state index is 11.6. The van der Waals surface area contributed by atoms with Crippen LogP contribution in [0, 0.1) is 5.92 Å². The van der Waals surface area contributed by atoms with Crippen LogP contribution in [0.4, 0.5) is 4.79 Å². The van der Waals surface area contributed by atoms with Crippen molar-refractivity contribution >= 4 is 6.03 Å². The molecular formula is C12H23N3O2. The van der Waals surface area contributed by atoms with E-state index in [0.717, 1.165) is 26.1 Å². The van der Waals surface area contributed by atoms with Crippen molar-refractivity contribution in [1.82, 2.24) is 16.0 Å². The fourth-order valence-electron chi connectivity index (χ4n) is 2.35. The van der Waals surface area contributed by atoms with Crippen molar-refractivity contribution < 1.29 is 9.53 Å². The molecule has 0 aromatic heterocycles. The number of piperidine rings is 1. The summed E-state index contributed by atoms with van der Waals surface area (Å²) in [6, 6.07) is 0.759. The lowest BCUT2D eigenvalue weighted by Crippen LogP contribution is -2.46. The third-order valence-electron chi connectivity index (χ3n) is 3.58. The Balaban J connectivity index is 1.59.